The molecule has 2 aromatic heterocycles. The van der Waals surface area contributed by atoms with E-state index in [-0.39, 0.29) is 0 Å². The Balaban J connectivity index is 2.09. The standard InChI is InChI=1S/C10H14N4S/c1-11-9(10-6-12-7-15-10)5-8-3-4-14(2)13-8/h3-4,6-7,9,11H,5H2,1-2H3. The maximum absolute atomic E-state index is 4.37. The molecule has 0 bridgehead atoms. The van der Waals surface area contributed by atoms with Crippen molar-refractivity contribution in [2.75, 3.05) is 7.05 Å². The summed E-state index contributed by atoms with van der Waals surface area (Å²) >= 11 is 1.67. The Morgan fingerprint density at radius 2 is 2.47 bits per heavy atom. The van der Waals surface area contributed by atoms with Gasteiger partial charge in [-0.15, -0.1) is 11.3 Å². The summed E-state index contributed by atoms with van der Waals surface area (Å²) in [6.07, 6.45) is 4.78. The van der Waals surface area contributed by atoms with Gasteiger partial charge in [-0.05, 0) is 13.1 Å². The maximum Gasteiger partial charge on any atom is 0.0794 e. The SMILES string of the molecule is CNC(Cc1ccn(C)n1)c1cncs1. The van der Waals surface area contributed by atoms with Crippen molar-refractivity contribution in [2.45, 2.75) is 12.5 Å². The van der Waals surface area contributed by atoms with Gasteiger partial charge in [0, 0.05) is 36.8 Å². The third-order valence-electron chi connectivity index (χ3n) is 2.33. The number of thiazole rings is 1. The van der Waals surface area contributed by atoms with Gasteiger partial charge in [-0.2, -0.15) is 5.10 Å². The molecule has 15 heavy (non-hydrogen) atoms. The lowest BCUT2D eigenvalue weighted by Gasteiger charge is -2.11. The van der Waals surface area contributed by atoms with Crippen LogP contribution in [0.1, 0.15) is 16.6 Å². The zero-order chi connectivity index (χ0) is 10.7. The van der Waals surface area contributed by atoms with Crippen LogP contribution in [0.4, 0.5) is 0 Å². The quantitative estimate of drug-likeness (QED) is 0.850. The Hall–Kier alpha value is -1.20. The predicted molar refractivity (Wildman–Crippen MR) is 60.8 cm³/mol. The summed E-state index contributed by atoms with van der Waals surface area (Å²) in [5.74, 6) is 0. The van der Waals surface area contributed by atoms with Crippen molar-refractivity contribution in [1.82, 2.24) is 20.1 Å². The molecule has 0 radical (unpaired) electrons. The Morgan fingerprint density at radius 1 is 1.60 bits per heavy atom. The maximum atomic E-state index is 4.37. The molecular formula is C10H14N4S. The fraction of sp³-hybridized carbons (Fsp3) is 0.400. The summed E-state index contributed by atoms with van der Waals surface area (Å²) in [6.45, 7) is 0. The van der Waals surface area contributed by atoms with E-state index < -0.39 is 0 Å². The fourth-order valence-corrected chi connectivity index (χ4v) is 2.25. The molecule has 80 valence electrons. The monoisotopic (exact) mass is 222 g/mol. The first-order valence-corrected chi connectivity index (χ1v) is 5.71. The molecule has 1 atom stereocenters. The normalized spacial score (nSPS) is 12.9. The van der Waals surface area contributed by atoms with Crippen LogP contribution in [0.15, 0.2) is 24.0 Å². The molecule has 1 N–H and O–H groups in total. The predicted octanol–water partition coefficient (Wildman–Crippen LogP) is 1.38. The molecule has 4 nitrogen and oxygen atoms in total. The number of aromatic nitrogens is 3. The van der Waals surface area contributed by atoms with E-state index in [1.54, 1.807) is 11.3 Å². The zero-order valence-electron chi connectivity index (χ0n) is 8.84. The van der Waals surface area contributed by atoms with Gasteiger partial charge in [-0.25, -0.2) is 0 Å². The summed E-state index contributed by atoms with van der Waals surface area (Å²) in [5.41, 5.74) is 2.96. The third-order valence-corrected chi connectivity index (χ3v) is 3.21. The van der Waals surface area contributed by atoms with E-state index in [9.17, 15) is 0 Å². The molecule has 2 heterocycles. The van der Waals surface area contributed by atoms with Crippen molar-refractivity contribution in [1.29, 1.82) is 0 Å². The lowest BCUT2D eigenvalue weighted by Crippen LogP contribution is -2.18. The van der Waals surface area contributed by atoms with Crippen molar-refractivity contribution in [3.63, 3.8) is 0 Å². The summed E-state index contributed by atoms with van der Waals surface area (Å²) in [5, 5.41) is 7.65. The summed E-state index contributed by atoms with van der Waals surface area (Å²) < 4.78 is 1.83. The number of rotatable bonds is 4. The Bertz CT molecular complexity index is 407. The zero-order valence-corrected chi connectivity index (χ0v) is 9.66. The average Bonchev–Trinajstić information content (AvgIpc) is 2.85. The van der Waals surface area contributed by atoms with Gasteiger partial charge in [0.15, 0.2) is 0 Å². The van der Waals surface area contributed by atoms with Crippen molar-refractivity contribution in [3.05, 3.63) is 34.5 Å². The third kappa shape index (κ3) is 2.43. The second-order valence-electron chi connectivity index (χ2n) is 3.43. The number of hydrogen-bond acceptors (Lipinski definition) is 4. The van der Waals surface area contributed by atoms with Crippen LogP contribution >= 0.6 is 11.3 Å². The summed E-state index contributed by atoms with van der Waals surface area (Å²) in [4.78, 5) is 5.34. The molecule has 1 unspecified atom stereocenters. The minimum atomic E-state index is 0.312. The topological polar surface area (TPSA) is 42.7 Å². The van der Waals surface area contributed by atoms with Gasteiger partial charge in [-0.1, -0.05) is 0 Å². The van der Waals surface area contributed by atoms with Crippen LogP contribution in [-0.2, 0) is 13.5 Å². The van der Waals surface area contributed by atoms with Gasteiger partial charge >= 0.3 is 0 Å². The molecule has 0 aliphatic heterocycles. The molecule has 2 aromatic rings. The highest BCUT2D eigenvalue weighted by atomic mass is 32.1. The fourth-order valence-electron chi connectivity index (χ4n) is 1.52. The van der Waals surface area contributed by atoms with E-state index in [1.807, 2.05) is 42.7 Å². The number of nitrogens with one attached hydrogen (secondary N) is 1. The highest BCUT2D eigenvalue weighted by Crippen LogP contribution is 2.20. The number of nitrogens with zero attached hydrogens (tertiary/aromatic N) is 3. The summed E-state index contributed by atoms with van der Waals surface area (Å²) in [7, 11) is 3.90. The van der Waals surface area contributed by atoms with E-state index in [1.165, 1.54) is 4.88 Å². The van der Waals surface area contributed by atoms with Gasteiger partial charge in [0.2, 0.25) is 0 Å². The molecular weight excluding hydrogens is 208 g/mol. The van der Waals surface area contributed by atoms with Crippen LogP contribution in [-0.4, -0.2) is 21.8 Å². The first kappa shape index (κ1) is 10.3. The van der Waals surface area contributed by atoms with Crippen LogP contribution in [0, 0.1) is 0 Å². The molecule has 5 heteroatoms. The molecule has 2 rings (SSSR count). The largest absolute Gasteiger partial charge is 0.312 e. The number of aryl methyl sites for hydroxylation is 1. The van der Waals surface area contributed by atoms with Gasteiger partial charge in [0.25, 0.3) is 0 Å². The minimum Gasteiger partial charge on any atom is -0.312 e. The molecule has 0 spiro atoms. The summed E-state index contributed by atoms with van der Waals surface area (Å²) in [6, 6.07) is 2.36. The highest BCUT2D eigenvalue weighted by Gasteiger charge is 2.12. The first-order chi connectivity index (χ1) is 7.29. The first-order valence-electron chi connectivity index (χ1n) is 4.84. The van der Waals surface area contributed by atoms with Crippen molar-refractivity contribution >= 4 is 11.3 Å². The van der Waals surface area contributed by atoms with Crippen LogP contribution in [0.3, 0.4) is 0 Å². The Kier molecular flexibility index (Phi) is 3.13. The van der Waals surface area contributed by atoms with Crippen molar-refractivity contribution in [3.8, 4) is 0 Å². The lowest BCUT2D eigenvalue weighted by atomic mass is 10.1. The molecule has 0 saturated carbocycles. The number of hydrogen-bond donors (Lipinski definition) is 1. The van der Waals surface area contributed by atoms with E-state index in [2.05, 4.69) is 15.4 Å². The van der Waals surface area contributed by atoms with E-state index in [0.29, 0.717) is 6.04 Å². The van der Waals surface area contributed by atoms with E-state index in [0.717, 1.165) is 12.1 Å². The van der Waals surface area contributed by atoms with E-state index in [4.69, 9.17) is 0 Å². The molecule has 0 aliphatic carbocycles. The average molecular weight is 222 g/mol. The van der Waals surface area contributed by atoms with E-state index >= 15 is 0 Å². The molecule has 0 aromatic carbocycles. The van der Waals surface area contributed by atoms with Gasteiger partial charge < -0.3 is 5.32 Å². The molecule has 0 saturated heterocycles. The number of likely N-dealkylation sites (N-methyl/N-ethyl adjacent to an activating group) is 1. The van der Waals surface area contributed by atoms with Gasteiger partial charge in [0.05, 0.1) is 11.2 Å². The minimum absolute atomic E-state index is 0.312. The van der Waals surface area contributed by atoms with Crippen LogP contribution in [0.5, 0.6) is 0 Å². The Morgan fingerprint density at radius 3 is 3.00 bits per heavy atom. The molecule has 0 fully saturated rings. The Labute approximate surface area is 93.0 Å². The molecule has 0 aliphatic rings. The lowest BCUT2D eigenvalue weighted by molar-refractivity contribution is 0.585. The highest BCUT2D eigenvalue weighted by molar-refractivity contribution is 7.09. The van der Waals surface area contributed by atoms with Crippen molar-refractivity contribution < 1.29 is 0 Å². The van der Waals surface area contributed by atoms with Gasteiger partial charge in [-0.3, -0.25) is 9.67 Å². The molecule has 0 amide bonds. The second-order valence-corrected chi connectivity index (χ2v) is 4.35. The second kappa shape index (κ2) is 4.55. The van der Waals surface area contributed by atoms with Crippen LogP contribution in [0.2, 0.25) is 0 Å². The van der Waals surface area contributed by atoms with Gasteiger partial charge in [0.1, 0.15) is 0 Å². The van der Waals surface area contributed by atoms with Crippen LogP contribution < -0.4 is 5.32 Å². The smallest absolute Gasteiger partial charge is 0.0794 e. The van der Waals surface area contributed by atoms with Crippen molar-refractivity contribution in [2.24, 2.45) is 7.05 Å². The van der Waals surface area contributed by atoms with Crippen LogP contribution in [0.25, 0.3) is 0 Å².